The first-order valence-corrected chi connectivity index (χ1v) is 10.2. The van der Waals surface area contributed by atoms with Crippen molar-refractivity contribution in [1.29, 1.82) is 0 Å². The standard InChI is InChI=1S/C23H25N5O2/c1-17-9-13-28(16-18-6-5-10-24-14-18)23(30)21(17)22(29)26-19-7-8-20(25-15-19)27-11-3-2-4-12-27/h5-10,13-15H,2-4,11-12,16H2,1H3,(H,26,29). The summed E-state index contributed by atoms with van der Waals surface area (Å²) in [5.74, 6) is 0.493. The molecule has 1 amide bonds. The second-order valence-electron chi connectivity index (χ2n) is 7.57. The Kier molecular flexibility index (Phi) is 5.88. The molecule has 1 aliphatic heterocycles. The number of nitrogens with zero attached hydrogens (tertiary/aromatic N) is 4. The van der Waals surface area contributed by atoms with Crippen LogP contribution in [0.5, 0.6) is 0 Å². The molecule has 3 aromatic rings. The molecule has 1 N–H and O–H groups in total. The number of rotatable bonds is 5. The van der Waals surface area contributed by atoms with Crippen LogP contribution in [0.25, 0.3) is 0 Å². The van der Waals surface area contributed by atoms with Gasteiger partial charge >= 0.3 is 0 Å². The smallest absolute Gasteiger partial charge is 0.263 e. The summed E-state index contributed by atoms with van der Waals surface area (Å²) < 4.78 is 1.52. The third kappa shape index (κ3) is 4.40. The Morgan fingerprint density at radius 1 is 1.10 bits per heavy atom. The number of pyridine rings is 3. The molecule has 1 saturated heterocycles. The van der Waals surface area contributed by atoms with Gasteiger partial charge < -0.3 is 14.8 Å². The van der Waals surface area contributed by atoms with Gasteiger partial charge in [-0.2, -0.15) is 0 Å². The Balaban J connectivity index is 1.51. The molecule has 1 fully saturated rings. The lowest BCUT2D eigenvalue weighted by Crippen LogP contribution is -2.31. The van der Waals surface area contributed by atoms with Crippen LogP contribution in [0.4, 0.5) is 11.5 Å². The second kappa shape index (κ2) is 8.90. The lowest BCUT2D eigenvalue weighted by atomic mass is 10.1. The molecule has 0 aliphatic carbocycles. The van der Waals surface area contributed by atoms with Crippen LogP contribution < -0.4 is 15.8 Å². The fourth-order valence-corrected chi connectivity index (χ4v) is 3.72. The molecule has 7 heteroatoms. The zero-order valence-corrected chi connectivity index (χ0v) is 17.0. The summed E-state index contributed by atoms with van der Waals surface area (Å²) >= 11 is 0. The van der Waals surface area contributed by atoms with Gasteiger partial charge in [-0.1, -0.05) is 6.07 Å². The number of hydrogen-bond donors (Lipinski definition) is 1. The predicted octanol–water partition coefficient (Wildman–Crippen LogP) is 3.24. The molecule has 0 bridgehead atoms. The summed E-state index contributed by atoms with van der Waals surface area (Å²) in [6.07, 6.45) is 10.4. The van der Waals surface area contributed by atoms with Crippen LogP contribution in [-0.4, -0.2) is 33.5 Å². The Morgan fingerprint density at radius 3 is 2.63 bits per heavy atom. The van der Waals surface area contributed by atoms with Gasteiger partial charge in [-0.25, -0.2) is 4.98 Å². The van der Waals surface area contributed by atoms with Crippen LogP contribution in [0.3, 0.4) is 0 Å². The van der Waals surface area contributed by atoms with Gasteiger partial charge in [0.1, 0.15) is 11.4 Å². The fraction of sp³-hybridized carbons (Fsp3) is 0.304. The molecule has 0 atom stereocenters. The number of aryl methyl sites for hydroxylation is 1. The van der Waals surface area contributed by atoms with E-state index in [4.69, 9.17) is 0 Å². The zero-order chi connectivity index (χ0) is 20.9. The van der Waals surface area contributed by atoms with E-state index in [9.17, 15) is 9.59 Å². The van der Waals surface area contributed by atoms with E-state index in [1.165, 1.54) is 23.8 Å². The number of aromatic nitrogens is 3. The van der Waals surface area contributed by atoms with Gasteiger partial charge in [0.05, 0.1) is 18.4 Å². The van der Waals surface area contributed by atoms with Crippen molar-refractivity contribution in [2.75, 3.05) is 23.3 Å². The quantitative estimate of drug-likeness (QED) is 0.707. The molecule has 0 unspecified atom stereocenters. The van der Waals surface area contributed by atoms with E-state index >= 15 is 0 Å². The lowest BCUT2D eigenvalue weighted by molar-refractivity contribution is 0.102. The molecular weight excluding hydrogens is 378 g/mol. The number of carbonyl (C=O) groups excluding carboxylic acids is 1. The molecule has 3 aromatic heterocycles. The largest absolute Gasteiger partial charge is 0.357 e. The van der Waals surface area contributed by atoms with Gasteiger partial charge in [-0.15, -0.1) is 0 Å². The van der Waals surface area contributed by atoms with Crippen LogP contribution in [0.1, 0.15) is 40.7 Å². The summed E-state index contributed by atoms with van der Waals surface area (Å²) in [6.45, 7) is 4.15. The molecule has 0 radical (unpaired) electrons. The molecule has 30 heavy (non-hydrogen) atoms. The first kappa shape index (κ1) is 19.8. The van der Waals surface area contributed by atoms with Crippen LogP contribution >= 0.6 is 0 Å². The van der Waals surface area contributed by atoms with Crippen molar-refractivity contribution in [2.45, 2.75) is 32.7 Å². The van der Waals surface area contributed by atoms with Gasteiger partial charge in [-0.3, -0.25) is 14.6 Å². The summed E-state index contributed by atoms with van der Waals surface area (Å²) in [6, 6.07) is 9.25. The lowest BCUT2D eigenvalue weighted by Gasteiger charge is -2.27. The Morgan fingerprint density at radius 2 is 1.93 bits per heavy atom. The molecule has 1 aliphatic rings. The maximum atomic E-state index is 12.9. The number of amides is 1. The fourth-order valence-electron chi connectivity index (χ4n) is 3.72. The van der Waals surface area contributed by atoms with Gasteiger partial charge in [0.2, 0.25) is 0 Å². The third-order valence-corrected chi connectivity index (χ3v) is 5.36. The summed E-state index contributed by atoms with van der Waals surface area (Å²) in [5, 5.41) is 2.82. The monoisotopic (exact) mass is 403 g/mol. The van der Waals surface area contributed by atoms with Crippen LogP contribution in [0.2, 0.25) is 0 Å². The average molecular weight is 403 g/mol. The van der Waals surface area contributed by atoms with E-state index in [0.717, 1.165) is 24.5 Å². The van der Waals surface area contributed by atoms with Crippen LogP contribution in [-0.2, 0) is 6.54 Å². The van der Waals surface area contributed by atoms with Crippen molar-refractivity contribution < 1.29 is 4.79 Å². The average Bonchev–Trinajstić information content (AvgIpc) is 2.78. The number of anilines is 2. The van der Waals surface area contributed by atoms with E-state index in [1.807, 2.05) is 24.3 Å². The second-order valence-corrected chi connectivity index (χ2v) is 7.57. The highest BCUT2D eigenvalue weighted by Gasteiger charge is 2.17. The predicted molar refractivity (Wildman–Crippen MR) is 117 cm³/mol. The minimum atomic E-state index is -0.425. The molecule has 154 valence electrons. The van der Waals surface area contributed by atoms with Crippen LogP contribution in [0, 0.1) is 6.92 Å². The van der Waals surface area contributed by atoms with E-state index in [0.29, 0.717) is 17.8 Å². The van der Waals surface area contributed by atoms with E-state index in [1.54, 1.807) is 37.8 Å². The van der Waals surface area contributed by atoms with E-state index in [2.05, 4.69) is 20.2 Å². The van der Waals surface area contributed by atoms with Gasteiger partial charge in [-0.05, 0) is 61.6 Å². The molecule has 0 saturated carbocycles. The maximum absolute atomic E-state index is 12.9. The molecule has 4 rings (SSSR count). The third-order valence-electron chi connectivity index (χ3n) is 5.36. The Bertz CT molecular complexity index is 1070. The molecule has 0 spiro atoms. The van der Waals surface area contributed by atoms with Crippen molar-refractivity contribution in [1.82, 2.24) is 14.5 Å². The van der Waals surface area contributed by atoms with Crippen molar-refractivity contribution in [2.24, 2.45) is 0 Å². The van der Waals surface area contributed by atoms with Crippen molar-refractivity contribution in [3.63, 3.8) is 0 Å². The first-order chi connectivity index (χ1) is 14.6. The van der Waals surface area contributed by atoms with Crippen molar-refractivity contribution in [3.8, 4) is 0 Å². The van der Waals surface area contributed by atoms with Crippen molar-refractivity contribution >= 4 is 17.4 Å². The first-order valence-electron chi connectivity index (χ1n) is 10.2. The van der Waals surface area contributed by atoms with E-state index < -0.39 is 5.91 Å². The number of piperidine rings is 1. The molecular formula is C23H25N5O2. The Labute approximate surface area is 175 Å². The minimum Gasteiger partial charge on any atom is -0.357 e. The number of nitrogens with one attached hydrogen (secondary N) is 1. The normalized spacial score (nSPS) is 13.8. The van der Waals surface area contributed by atoms with Gasteiger partial charge in [0.15, 0.2) is 0 Å². The summed E-state index contributed by atoms with van der Waals surface area (Å²) in [5.41, 5.74) is 1.92. The minimum absolute atomic E-state index is 0.140. The molecule has 0 aromatic carbocycles. The highest BCUT2D eigenvalue weighted by molar-refractivity contribution is 6.04. The number of carbonyl (C=O) groups is 1. The zero-order valence-electron chi connectivity index (χ0n) is 17.0. The van der Waals surface area contributed by atoms with E-state index in [-0.39, 0.29) is 11.1 Å². The highest BCUT2D eigenvalue weighted by Crippen LogP contribution is 2.19. The molecule has 7 nitrogen and oxygen atoms in total. The van der Waals surface area contributed by atoms with Crippen LogP contribution in [0.15, 0.2) is 59.9 Å². The topological polar surface area (TPSA) is 80.1 Å². The van der Waals surface area contributed by atoms with Gasteiger partial charge in [0.25, 0.3) is 11.5 Å². The van der Waals surface area contributed by atoms with Crippen molar-refractivity contribution in [3.05, 3.63) is 82.2 Å². The SMILES string of the molecule is Cc1ccn(Cc2cccnc2)c(=O)c1C(=O)Nc1ccc(N2CCCCC2)nc1. The summed E-state index contributed by atoms with van der Waals surface area (Å²) in [4.78, 5) is 36.6. The summed E-state index contributed by atoms with van der Waals surface area (Å²) in [7, 11) is 0. The number of hydrogen-bond acceptors (Lipinski definition) is 5. The molecule has 4 heterocycles. The van der Waals surface area contributed by atoms with Gasteiger partial charge in [0, 0.05) is 31.7 Å². The Hall–Kier alpha value is -3.48. The highest BCUT2D eigenvalue weighted by atomic mass is 16.2. The maximum Gasteiger partial charge on any atom is 0.263 e.